The zero-order valence-electron chi connectivity index (χ0n) is 13.3. The smallest absolute Gasteiger partial charge is 0.308 e. The molecule has 0 bridgehead atoms. The molecule has 1 aromatic heterocycles. The number of aryl methyl sites for hydroxylation is 1. The molecule has 0 aliphatic carbocycles. The minimum atomic E-state index is -0.352. The van der Waals surface area contributed by atoms with E-state index in [0.29, 0.717) is 11.5 Å². The first-order valence-electron chi connectivity index (χ1n) is 7.37. The number of hydrogen-bond acceptors (Lipinski definition) is 4. The topological polar surface area (TPSA) is 48.4 Å². The molecule has 4 heteroatoms. The van der Waals surface area contributed by atoms with Crippen LogP contribution >= 0.6 is 0 Å². The minimum Gasteiger partial charge on any atom is -0.457 e. The van der Waals surface area contributed by atoms with Gasteiger partial charge < -0.3 is 9.47 Å². The average Bonchev–Trinajstić information content (AvgIpc) is 2.53. The molecule has 0 spiro atoms. The second-order valence-corrected chi connectivity index (χ2v) is 5.34. The number of nitrogens with zero attached hydrogens (tertiary/aromatic N) is 1. The Kier molecular flexibility index (Phi) is 3.98. The number of para-hydroxylation sites is 1. The second-order valence-electron chi connectivity index (χ2n) is 5.34. The van der Waals surface area contributed by atoms with Gasteiger partial charge in [0.15, 0.2) is 0 Å². The van der Waals surface area contributed by atoms with Crippen molar-refractivity contribution >= 4 is 16.9 Å². The van der Waals surface area contributed by atoms with E-state index < -0.39 is 0 Å². The maximum absolute atomic E-state index is 11.4. The highest BCUT2D eigenvalue weighted by Crippen LogP contribution is 2.34. The number of carbonyl (C=O) groups is 1. The van der Waals surface area contributed by atoms with Crippen molar-refractivity contribution in [3.05, 3.63) is 59.8 Å². The number of esters is 1. The fourth-order valence-corrected chi connectivity index (χ4v) is 2.39. The maximum atomic E-state index is 11.4. The van der Waals surface area contributed by atoms with E-state index in [4.69, 9.17) is 9.47 Å². The van der Waals surface area contributed by atoms with Gasteiger partial charge >= 0.3 is 5.97 Å². The number of ether oxygens (including phenoxy) is 2. The Morgan fingerprint density at radius 1 is 1.00 bits per heavy atom. The van der Waals surface area contributed by atoms with Crippen LogP contribution in [0.2, 0.25) is 0 Å². The van der Waals surface area contributed by atoms with Crippen LogP contribution in [0.5, 0.6) is 17.2 Å². The molecule has 3 rings (SSSR count). The first kappa shape index (κ1) is 15.0. The fraction of sp³-hybridized carbons (Fsp3) is 0.158. The normalized spacial score (nSPS) is 10.6. The summed E-state index contributed by atoms with van der Waals surface area (Å²) in [5.41, 5.74) is 2.46. The first-order valence-corrected chi connectivity index (χ1v) is 7.37. The molecule has 0 fully saturated rings. The van der Waals surface area contributed by atoms with Gasteiger partial charge in [0.05, 0.1) is 5.52 Å². The molecule has 2 aromatic carbocycles. The van der Waals surface area contributed by atoms with Crippen LogP contribution in [-0.2, 0) is 4.79 Å². The summed E-state index contributed by atoms with van der Waals surface area (Å²) < 4.78 is 11.3. The molecule has 0 amide bonds. The number of hydrogen-bond donors (Lipinski definition) is 0. The van der Waals surface area contributed by atoms with Gasteiger partial charge in [0.2, 0.25) is 0 Å². The lowest BCUT2D eigenvalue weighted by molar-refractivity contribution is -0.131. The van der Waals surface area contributed by atoms with Crippen molar-refractivity contribution in [1.82, 2.24) is 4.98 Å². The van der Waals surface area contributed by atoms with Crippen molar-refractivity contribution in [3.63, 3.8) is 0 Å². The highest BCUT2D eigenvalue weighted by molar-refractivity contribution is 5.90. The number of pyridine rings is 1. The van der Waals surface area contributed by atoms with Crippen LogP contribution in [0, 0.1) is 13.8 Å². The third-order valence-electron chi connectivity index (χ3n) is 3.61. The van der Waals surface area contributed by atoms with Gasteiger partial charge in [-0.1, -0.05) is 18.2 Å². The van der Waals surface area contributed by atoms with Gasteiger partial charge in [0, 0.05) is 23.6 Å². The lowest BCUT2D eigenvalue weighted by Crippen LogP contribution is -2.05. The SMILES string of the molecule is CC(=O)Oc1c(C)c(C)nc2ccc(Oc3ccccc3)cc12. The molecule has 4 nitrogen and oxygen atoms in total. The van der Waals surface area contributed by atoms with Crippen molar-refractivity contribution in [2.45, 2.75) is 20.8 Å². The fourth-order valence-electron chi connectivity index (χ4n) is 2.39. The molecule has 1 heterocycles. The Morgan fingerprint density at radius 2 is 1.74 bits per heavy atom. The second kappa shape index (κ2) is 6.08. The van der Waals surface area contributed by atoms with Crippen molar-refractivity contribution in [2.24, 2.45) is 0 Å². The molecular formula is C19H17NO3. The predicted molar refractivity (Wildman–Crippen MR) is 89.0 cm³/mol. The number of fused-ring (bicyclic) bond motifs is 1. The summed E-state index contributed by atoms with van der Waals surface area (Å²) in [4.78, 5) is 16.0. The van der Waals surface area contributed by atoms with Gasteiger partial charge in [0.1, 0.15) is 17.2 Å². The molecule has 23 heavy (non-hydrogen) atoms. The highest BCUT2D eigenvalue weighted by atomic mass is 16.5. The van der Waals surface area contributed by atoms with E-state index in [1.807, 2.05) is 62.4 Å². The lowest BCUT2D eigenvalue weighted by Gasteiger charge is -2.13. The molecular weight excluding hydrogens is 290 g/mol. The predicted octanol–water partition coefficient (Wildman–Crippen LogP) is 4.57. The summed E-state index contributed by atoms with van der Waals surface area (Å²) in [6.07, 6.45) is 0. The van der Waals surface area contributed by atoms with Crippen LogP contribution in [0.4, 0.5) is 0 Å². The molecule has 0 N–H and O–H groups in total. The molecule has 116 valence electrons. The average molecular weight is 307 g/mol. The van der Waals surface area contributed by atoms with E-state index in [-0.39, 0.29) is 5.97 Å². The molecule has 0 saturated heterocycles. The van der Waals surface area contributed by atoms with Gasteiger partial charge in [-0.2, -0.15) is 0 Å². The monoisotopic (exact) mass is 307 g/mol. The Hall–Kier alpha value is -2.88. The first-order chi connectivity index (χ1) is 11.0. The third kappa shape index (κ3) is 3.16. The zero-order chi connectivity index (χ0) is 16.4. The molecule has 0 saturated carbocycles. The van der Waals surface area contributed by atoms with Crippen molar-refractivity contribution < 1.29 is 14.3 Å². The molecule has 0 aliphatic heterocycles. The van der Waals surface area contributed by atoms with Gasteiger partial charge in [-0.05, 0) is 44.2 Å². The zero-order valence-corrected chi connectivity index (χ0v) is 13.3. The third-order valence-corrected chi connectivity index (χ3v) is 3.61. The number of rotatable bonds is 3. The van der Waals surface area contributed by atoms with E-state index in [0.717, 1.165) is 27.9 Å². The summed E-state index contributed by atoms with van der Waals surface area (Å²) in [6.45, 7) is 5.19. The van der Waals surface area contributed by atoms with Crippen LogP contribution in [-0.4, -0.2) is 11.0 Å². The van der Waals surface area contributed by atoms with Gasteiger partial charge in [0.25, 0.3) is 0 Å². The molecule has 3 aromatic rings. The number of aromatic nitrogens is 1. The Labute approximate surface area is 134 Å². The standard InChI is InChI=1S/C19H17NO3/c1-12-13(2)20-18-10-9-16(23-15-7-5-4-6-8-15)11-17(18)19(12)22-14(3)21/h4-11H,1-3H3. The van der Waals surface area contributed by atoms with E-state index >= 15 is 0 Å². The van der Waals surface area contributed by atoms with Crippen LogP contribution in [0.25, 0.3) is 10.9 Å². The summed E-state index contributed by atoms with van der Waals surface area (Å²) in [7, 11) is 0. The van der Waals surface area contributed by atoms with E-state index in [1.165, 1.54) is 6.92 Å². The Bertz CT molecular complexity index is 873. The summed E-state index contributed by atoms with van der Waals surface area (Å²) in [5.74, 6) is 1.60. The van der Waals surface area contributed by atoms with Gasteiger partial charge in [-0.15, -0.1) is 0 Å². The summed E-state index contributed by atoms with van der Waals surface area (Å²) in [6, 6.07) is 15.1. The molecule has 0 radical (unpaired) electrons. The maximum Gasteiger partial charge on any atom is 0.308 e. The summed E-state index contributed by atoms with van der Waals surface area (Å²) in [5, 5.41) is 0.761. The molecule has 0 atom stereocenters. The highest BCUT2D eigenvalue weighted by Gasteiger charge is 2.13. The van der Waals surface area contributed by atoms with Crippen molar-refractivity contribution in [1.29, 1.82) is 0 Å². The van der Waals surface area contributed by atoms with E-state index in [1.54, 1.807) is 0 Å². The number of benzene rings is 2. The largest absolute Gasteiger partial charge is 0.457 e. The van der Waals surface area contributed by atoms with Crippen LogP contribution in [0.1, 0.15) is 18.2 Å². The van der Waals surface area contributed by atoms with E-state index in [9.17, 15) is 4.79 Å². The Balaban J connectivity index is 2.10. The van der Waals surface area contributed by atoms with Crippen LogP contribution in [0.3, 0.4) is 0 Å². The quantitative estimate of drug-likeness (QED) is 0.665. The van der Waals surface area contributed by atoms with Crippen molar-refractivity contribution in [2.75, 3.05) is 0 Å². The summed E-state index contributed by atoms with van der Waals surface area (Å²) >= 11 is 0. The van der Waals surface area contributed by atoms with Crippen LogP contribution < -0.4 is 9.47 Å². The molecule has 0 unspecified atom stereocenters. The minimum absolute atomic E-state index is 0.352. The van der Waals surface area contributed by atoms with Gasteiger partial charge in [-0.25, -0.2) is 0 Å². The number of carbonyl (C=O) groups excluding carboxylic acids is 1. The van der Waals surface area contributed by atoms with Crippen LogP contribution in [0.15, 0.2) is 48.5 Å². The van der Waals surface area contributed by atoms with E-state index in [2.05, 4.69) is 4.98 Å². The lowest BCUT2D eigenvalue weighted by atomic mass is 10.1. The molecule has 0 aliphatic rings. The van der Waals surface area contributed by atoms with Gasteiger partial charge in [-0.3, -0.25) is 9.78 Å². The Morgan fingerprint density at radius 3 is 2.43 bits per heavy atom. The van der Waals surface area contributed by atoms with Crippen molar-refractivity contribution in [3.8, 4) is 17.2 Å².